The van der Waals surface area contributed by atoms with Crippen LogP contribution in [-0.2, 0) is 11.4 Å². The number of pyridine rings is 2. The molecule has 2 aromatic heterocycles. The SMILES string of the molecule is CCOc1cc2nc(C)c(C#N)c(Nc3ccc(OCc4cccnc4C)c(Cl)c3)c2cc1NC(=O)/C=C/CN(C)C. The van der Waals surface area contributed by atoms with E-state index in [1.807, 2.05) is 51.0 Å². The second kappa shape index (κ2) is 13.8. The topological polar surface area (TPSA) is 112 Å². The van der Waals surface area contributed by atoms with Gasteiger partial charge in [-0.05, 0) is 65.2 Å². The third-order valence-electron chi connectivity index (χ3n) is 6.38. The average molecular weight is 585 g/mol. The molecule has 216 valence electrons. The highest BCUT2D eigenvalue weighted by atomic mass is 35.5. The Labute approximate surface area is 250 Å². The molecule has 0 saturated heterocycles. The summed E-state index contributed by atoms with van der Waals surface area (Å²) < 4.78 is 11.8. The minimum absolute atomic E-state index is 0.295. The van der Waals surface area contributed by atoms with Gasteiger partial charge in [-0.3, -0.25) is 14.8 Å². The number of amides is 1. The van der Waals surface area contributed by atoms with Crippen LogP contribution < -0.4 is 20.1 Å². The van der Waals surface area contributed by atoms with E-state index in [9.17, 15) is 10.1 Å². The molecule has 0 radical (unpaired) electrons. The molecule has 0 aliphatic rings. The van der Waals surface area contributed by atoms with Crippen LogP contribution in [0, 0.1) is 25.2 Å². The Morgan fingerprint density at radius 1 is 1.12 bits per heavy atom. The van der Waals surface area contributed by atoms with Crippen LogP contribution in [0.5, 0.6) is 11.5 Å². The minimum atomic E-state index is -0.295. The fraction of sp³-hybridized carbons (Fsp3) is 0.250. The van der Waals surface area contributed by atoms with Crippen LogP contribution in [0.1, 0.15) is 29.4 Å². The van der Waals surface area contributed by atoms with Gasteiger partial charge in [-0.25, -0.2) is 0 Å². The smallest absolute Gasteiger partial charge is 0.248 e. The van der Waals surface area contributed by atoms with E-state index in [4.69, 9.17) is 21.1 Å². The monoisotopic (exact) mass is 584 g/mol. The lowest BCUT2D eigenvalue weighted by Crippen LogP contribution is -2.13. The summed E-state index contributed by atoms with van der Waals surface area (Å²) in [5, 5.41) is 17.3. The van der Waals surface area contributed by atoms with Crippen molar-refractivity contribution in [3.63, 3.8) is 0 Å². The first-order chi connectivity index (χ1) is 20.2. The number of carbonyl (C=O) groups excluding carboxylic acids is 1. The molecule has 4 rings (SSSR count). The highest BCUT2D eigenvalue weighted by Gasteiger charge is 2.18. The van der Waals surface area contributed by atoms with Gasteiger partial charge in [0, 0.05) is 47.2 Å². The summed E-state index contributed by atoms with van der Waals surface area (Å²) in [6.07, 6.45) is 5.00. The molecule has 0 bridgehead atoms. The van der Waals surface area contributed by atoms with E-state index < -0.39 is 0 Å². The van der Waals surface area contributed by atoms with Crippen molar-refractivity contribution in [3.8, 4) is 17.6 Å². The Morgan fingerprint density at radius 3 is 2.62 bits per heavy atom. The van der Waals surface area contributed by atoms with Gasteiger partial charge in [0.15, 0.2) is 0 Å². The molecule has 10 heteroatoms. The van der Waals surface area contributed by atoms with Gasteiger partial charge in [-0.15, -0.1) is 0 Å². The number of nitriles is 1. The summed E-state index contributed by atoms with van der Waals surface area (Å²) in [4.78, 5) is 23.6. The molecule has 0 fully saturated rings. The van der Waals surface area contributed by atoms with Crippen molar-refractivity contribution < 1.29 is 14.3 Å². The van der Waals surface area contributed by atoms with E-state index in [1.54, 1.807) is 43.5 Å². The number of hydrogen-bond donors (Lipinski definition) is 2. The van der Waals surface area contributed by atoms with Gasteiger partial charge < -0.3 is 25.0 Å². The highest BCUT2D eigenvalue weighted by molar-refractivity contribution is 6.32. The Bertz CT molecular complexity index is 1680. The molecule has 2 aromatic carbocycles. The van der Waals surface area contributed by atoms with Crippen molar-refractivity contribution in [1.29, 1.82) is 5.26 Å². The molecule has 0 saturated carbocycles. The third-order valence-corrected chi connectivity index (χ3v) is 6.67. The van der Waals surface area contributed by atoms with Crippen LogP contribution >= 0.6 is 11.6 Å². The van der Waals surface area contributed by atoms with Crippen molar-refractivity contribution in [2.75, 3.05) is 37.9 Å². The first kappa shape index (κ1) is 30.3. The number of rotatable bonds is 11. The molecule has 0 aliphatic heterocycles. The van der Waals surface area contributed by atoms with E-state index in [1.165, 1.54) is 6.08 Å². The summed E-state index contributed by atoms with van der Waals surface area (Å²) in [7, 11) is 3.85. The van der Waals surface area contributed by atoms with Gasteiger partial charge in [0.2, 0.25) is 5.91 Å². The Morgan fingerprint density at radius 2 is 1.93 bits per heavy atom. The molecule has 2 heterocycles. The normalized spacial score (nSPS) is 11.1. The van der Waals surface area contributed by atoms with Gasteiger partial charge in [-0.1, -0.05) is 23.7 Å². The number of nitrogens with zero attached hydrogens (tertiary/aromatic N) is 4. The number of carbonyl (C=O) groups is 1. The number of anilines is 3. The molecule has 2 N–H and O–H groups in total. The van der Waals surface area contributed by atoms with Crippen LogP contribution in [0.3, 0.4) is 0 Å². The summed E-state index contributed by atoms with van der Waals surface area (Å²) in [6, 6.07) is 15.0. The molecular weight excluding hydrogens is 552 g/mol. The van der Waals surface area contributed by atoms with Gasteiger partial charge in [0.25, 0.3) is 0 Å². The summed E-state index contributed by atoms with van der Waals surface area (Å²) in [5.74, 6) is 0.710. The van der Waals surface area contributed by atoms with Crippen molar-refractivity contribution >= 4 is 45.5 Å². The van der Waals surface area contributed by atoms with Crippen LogP contribution in [0.15, 0.2) is 60.8 Å². The predicted octanol–water partition coefficient (Wildman–Crippen LogP) is 6.55. The number of likely N-dealkylation sites (N-methyl/N-ethyl adjacent to an activating group) is 1. The highest BCUT2D eigenvalue weighted by Crippen LogP contribution is 2.38. The number of fused-ring (bicyclic) bond motifs is 1. The summed E-state index contributed by atoms with van der Waals surface area (Å²) >= 11 is 6.59. The van der Waals surface area contributed by atoms with E-state index in [0.717, 1.165) is 11.3 Å². The van der Waals surface area contributed by atoms with Crippen LogP contribution in [0.2, 0.25) is 5.02 Å². The maximum atomic E-state index is 12.7. The molecule has 0 aliphatic carbocycles. The molecule has 0 spiro atoms. The minimum Gasteiger partial charge on any atom is -0.492 e. The number of benzene rings is 2. The zero-order valence-electron chi connectivity index (χ0n) is 24.3. The Hall–Kier alpha value is -4.65. The number of hydrogen-bond acceptors (Lipinski definition) is 8. The third kappa shape index (κ3) is 7.35. The van der Waals surface area contributed by atoms with E-state index in [-0.39, 0.29) is 5.91 Å². The number of ether oxygens (including phenoxy) is 2. The molecule has 4 aromatic rings. The number of aromatic nitrogens is 2. The van der Waals surface area contributed by atoms with Crippen LogP contribution in [0.4, 0.5) is 17.1 Å². The summed E-state index contributed by atoms with van der Waals surface area (Å²) in [5.41, 5.74) is 5.05. The fourth-order valence-electron chi connectivity index (χ4n) is 4.26. The molecule has 0 unspecified atom stereocenters. The average Bonchev–Trinajstić information content (AvgIpc) is 2.94. The molecular formula is C32H33ClN6O3. The number of nitrogens with one attached hydrogen (secondary N) is 2. The number of halogens is 1. The zero-order chi connectivity index (χ0) is 30.2. The van der Waals surface area contributed by atoms with Gasteiger partial charge in [0.05, 0.1) is 39.8 Å². The molecule has 0 atom stereocenters. The quantitative estimate of drug-likeness (QED) is 0.191. The number of aryl methyl sites for hydroxylation is 2. The van der Waals surface area contributed by atoms with Gasteiger partial charge in [-0.2, -0.15) is 5.26 Å². The first-order valence-electron chi connectivity index (χ1n) is 13.4. The fourth-order valence-corrected chi connectivity index (χ4v) is 4.50. The van der Waals surface area contributed by atoms with Gasteiger partial charge in [0.1, 0.15) is 24.2 Å². The van der Waals surface area contributed by atoms with E-state index in [2.05, 4.69) is 26.7 Å². The summed E-state index contributed by atoms with van der Waals surface area (Å²) in [6.45, 7) is 6.93. The van der Waals surface area contributed by atoms with Crippen molar-refractivity contribution in [2.24, 2.45) is 0 Å². The maximum absolute atomic E-state index is 12.7. The first-order valence-corrected chi connectivity index (χ1v) is 13.8. The molecule has 9 nitrogen and oxygen atoms in total. The molecule has 1 amide bonds. The van der Waals surface area contributed by atoms with Crippen molar-refractivity contribution in [2.45, 2.75) is 27.4 Å². The Balaban J connectivity index is 1.68. The standard InChI is InChI=1S/C32H33ClN6O3/c1-6-41-30-17-27-24(16-28(30)38-31(40)10-8-14-39(4)5)32(25(18-34)21(3)36-27)37-23-11-12-29(26(33)15-23)42-19-22-9-7-13-35-20(22)2/h7-13,15-17H,6,14,19H2,1-5H3,(H,36,37)(H,38,40)/b10-8+. The second-order valence-electron chi connectivity index (χ2n) is 9.82. The van der Waals surface area contributed by atoms with Crippen LogP contribution in [-0.4, -0.2) is 48.0 Å². The second-order valence-corrected chi connectivity index (χ2v) is 10.2. The largest absolute Gasteiger partial charge is 0.492 e. The van der Waals surface area contributed by atoms with Crippen molar-refractivity contribution in [1.82, 2.24) is 14.9 Å². The molecule has 42 heavy (non-hydrogen) atoms. The Kier molecular flexibility index (Phi) is 9.97. The van der Waals surface area contributed by atoms with Crippen LogP contribution in [0.25, 0.3) is 10.9 Å². The van der Waals surface area contributed by atoms with E-state index in [0.29, 0.717) is 75.5 Å². The van der Waals surface area contributed by atoms with Gasteiger partial charge >= 0.3 is 0 Å². The lowest BCUT2D eigenvalue weighted by Gasteiger charge is -2.17. The lowest BCUT2D eigenvalue weighted by molar-refractivity contribution is -0.111. The lowest BCUT2D eigenvalue weighted by atomic mass is 10.0. The van der Waals surface area contributed by atoms with Crippen molar-refractivity contribution in [3.05, 3.63) is 88.4 Å². The van der Waals surface area contributed by atoms with E-state index >= 15 is 0 Å². The zero-order valence-corrected chi connectivity index (χ0v) is 25.0. The predicted molar refractivity (Wildman–Crippen MR) is 167 cm³/mol. The maximum Gasteiger partial charge on any atom is 0.248 e.